The van der Waals surface area contributed by atoms with Crippen molar-refractivity contribution in [1.29, 1.82) is 0 Å². The third-order valence-electron chi connectivity index (χ3n) is 2.93. The van der Waals surface area contributed by atoms with E-state index in [1.165, 1.54) is 6.07 Å². The van der Waals surface area contributed by atoms with Crippen molar-refractivity contribution in [2.45, 2.75) is 25.9 Å². The summed E-state index contributed by atoms with van der Waals surface area (Å²) in [6, 6.07) is 10.8. The van der Waals surface area contributed by atoms with E-state index in [9.17, 15) is 10.1 Å². The average Bonchev–Trinajstić information content (AvgIpc) is 2.76. The Balaban J connectivity index is 2.19. The molecule has 2 N–H and O–H groups in total. The highest BCUT2D eigenvalue weighted by Gasteiger charge is 2.08. The molecule has 0 saturated carbocycles. The highest BCUT2D eigenvalue weighted by Crippen LogP contribution is 2.15. The molecule has 1 aromatic carbocycles. The quantitative estimate of drug-likeness (QED) is 0.661. The van der Waals surface area contributed by atoms with Crippen LogP contribution in [-0.2, 0) is 13.0 Å². The third-order valence-corrected chi connectivity index (χ3v) is 2.93. The molecule has 0 fully saturated rings. The molecule has 5 heteroatoms. The van der Waals surface area contributed by atoms with Crippen molar-refractivity contribution in [2.75, 3.05) is 0 Å². The van der Waals surface area contributed by atoms with Gasteiger partial charge in [0.2, 0.25) is 0 Å². The molecule has 0 aliphatic rings. The predicted molar refractivity (Wildman–Crippen MR) is 74.0 cm³/mol. The summed E-state index contributed by atoms with van der Waals surface area (Å²) in [7, 11) is 0. The van der Waals surface area contributed by atoms with Crippen LogP contribution in [0.2, 0.25) is 0 Å². The first-order valence-corrected chi connectivity index (χ1v) is 6.19. The van der Waals surface area contributed by atoms with Gasteiger partial charge in [-0.15, -0.1) is 0 Å². The molecule has 0 radical (unpaired) electrons. The Bertz CT molecular complexity index is 576. The van der Waals surface area contributed by atoms with Crippen molar-refractivity contribution in [2.24, 2.45) is 5.73 Å². The highest BCUT2D eigenvalue weighted by molar-refractivity contribution is 5.34. The molecule has 1 unspecified atom stereocenters. The molecule has 0 aliphatic carbocycles. The van der Waals surface area contributed by atoms with Crippen molar-refractivity contribution in [3.8, 4) is 0 Å². The molecular weight excluding hydrogens is 242 g/mol. The van der Waals surface area contributed by atoms with E-state index >= 15 is 0 Å². The molecule has 0 saturated heterocycles. The minimum absolute atomic E-state index is 0.0961. The van der Waals surface area contributed by atoms with Gasteiger partial charge in [0, 0.05) is 43.0 Å². The van der Waals surface area contributed by atoms with Crippen molar-refractivity contribution < 1.29 is 4.92 Å². The third kappa shape index (κ3) is 3.42. The number of non-ortho nitro benzene ring substituents is 1. The monoisotopic (exact) mass is 259 g/mol. The number of hydrogen-bond acceptors (Lipinski definition) is 3. The van der Waals surface area contributed by atoms with Crippen LogP contribution >= 0.6 is 0 Å². The number of nitro benzene ring substituents is 1. The summed E-state index contributed by atoms with van der Waals surface area (Å²) in [6.45, 7) is 2.58. The zero-order chi connectivity index (χ0) is 13.8. The van der Waals surface area contributed by atoms with Crippen LogP contribution in [-0.4, -0.2) is 15.5 Å². The summed E-state index contributed by atoms with van der Waals surface area (Å²) in [5, 5.41) is 10.8. The Morgan fingerprint density at radius 3 is 2.84 bits per heavy atom. The van der Waals surface area contributed by atoms with Crippen LogP contribution in [0.25, 0.3) is 0 Å². The van der Waals surface area contributed by atoms with E-state index in [2.05, 4.69) is 4.57 Å². The van der Waals surface area contributed by atoms with E-state index in [0.29, 0.717) is 6.54 Å². The summed E-state index contributed by atoms with van der Waals surface area (Å²) in [5.74, 6) is 0. The van der Waals surface area contributed by atoms with Crippen LogP contribution in [0.4, 0.5) is 5.69 Å². The molecule has 2 rings (SSSR count). The first-order valence-electron chi connectivity index (χ1n) is 6.19. The lowest BCUT2D eigenvalue weighted by Gasteiger charge is -2.11. The maximum atomic E-state index is 10.8. The first-order chi connectivity index (χ1) is 9.06. The van der Waals surface area contributed by atoms with E-state index in [1.807, 2.05) is 31.3 Å². The van der Waals surface area contributed by atoms with Crippen LogP contribution in [0.1, 0.15) is 18.2 Å². The van der Waals surface area contributed by atoms with Crippen molar-refractivity contribution >= 4 is 5.69 Å². The second-order valence-electron chi connectivity index (χ2n) is 4.74. The van der Waals surface area contributed by atoms with E-state index in [0.717, 1.165) is 17.7 Å². The molecule has 2 aromatic rings. The fourth-order valence-electron chi connectivity index (χ4n) is 2.08. The Morgan fingerprint density at radius 1 is 1.37 bits per heavy atom. The van der Waals surface area contributed by atoms with Crippen LogP contribution in [0.5, 0.6) is 0 Å². The predicted octanol–water partition coefficient (Wildman–Crippen LogP) is 2.33. The number of nitrogens with zero attached hydrogens (tertiary/aromatic N) is 2. The molecule has 0 bridgehead atoms. The molecule has 1 atom stereocenters. The zero-order valence-corrected chi connectivity index (χ0v) is 10.8. The lowest BCUT2D eigenvalue weighted by molar-refractivity contribution is -0.384. The Morgan fingerprint density at radius 2 is 2.16 bits per heavy atom. The standard InChI is InChI=1S/C14H17N3O2/c1-11(15)8-13-6-3-7-16(13)10-12-4-2-5-14(9-12)17(18)19/h2-7,9,11H,8,10,15H2,1H3. The maximum absolute atomic E-state index is 10.8. The summed E-state index contributed by atoms with van der Waals surface area (Å²) in [4.78, 5) is 10.4. The number of benzene rings is 1. The van der Waals surface area contributed by atoms with Gasteiger partial charge in [-0.1, -0.05) is 12.1 Å². The fourth-order valence-corrected chi connectivity index (χ4v) is 2.08. The summed E-state index contributed by atoms with van der Waals surface area (Å²) in [5.41, 5.74) is 7.98. The summed E-state index contributed by atoms with van der Waals surface area (Å²) < 4.78 is 2.07. The van der Waals surface area contributed by atoms with E-state index in [1.54, 1.807) is 12.1 Å². The molecule has 0 aliphatic heterocycles. The lowest BCUT2D eigenvalue weighted by Crippen LogP contribution is -2.20. The van der Waals surface area contributed by atoms with Gasteiger partial charge in [0.05, 0.1) is 4.92 Å². The van der Waals surface area contributed by atoms with Gasteiger partial charge in [-0.3, -0.25) is 10.1 Å². The van der Waals surface area contributed by atoms with Crippen molar-refractivity contribution in [1.82, 2.24) is 4.57 Å². The van der Waals surface area contributed by atoms with Gasteiger partial charge in [-0.25, -0.2) is 0 Å². The number of aromatic nitrogens is 1. The van der Waals surface area contributed by atoms with Crippen LogP contribution in [0.3, 0.4) is 0 Å². The van der Waals surface area contributed by atoms with Crippen LogP contribution in [0.15, 0.2) is 42.6 Å². The fraction of sp³-hybridized carbons (Fsp3) is 0.286. The maximum Gasteiger partial charge on any atom is 0.269 e. The first kappa shape index (κ1) is 13.3. The van der Waals surface area contributed by atoms with Gasteiger partial charge in [0.25, 0.3) is 5.69 Å². The molecule has 100 valence electrons. The van der Waals surface area contributed by atoms with Crippen molar-refractivity contribution in [3.05, 3.63) is 64.0 Å². The topological polar surface area (TPSA) is 74.1 Å². The molecule has 1 aromatic heterocycles. The van der Waals surface area contributed by atoms with E-state index in [-0.39, 0.29) is 16.7 Å². The van der Waals surface area contributed by atoms with Gasteiger partial charge in [-0.2, -0.15) is 0 Å². The van der Waals surface area contributed by atoms with Crippen molar-refractivity contribution in [3.63, 3.8) is 0 Å². The number of hydrogen-bond donors (Lipinski definition) is 1. The van der Waals surface area contributed by atoms with Gasteiger partial charge in [0.15, 0.2) is 0 Å². The highest BCUT2D eigenvalue weighted by atomic mass is 16.6. The largest absolute Gasteiger partial charge is 0.347 e. The summed E-state index contributed by atoms with van der Waals surface area (Å²) >= 11 is 0. The number of rotatable bonds is 5. The molecule has 19 heavy (non-hydrogen) atoms. The lowest BCUT2D eigenvalue weighted by atomic mass is 10.1. The van der Waals surface area contributed by atoms with Crippen LogP contribution in [0, 0.1) is 10.1 Å². The van der Waals surface area contributed by atoms with Gasteiger partial charge < -0.3 is 10.3 Å². The minimum Gasteiger partial charge on any atom is -0.347 e. The average molecular weight is 259 g/mol. The Kier molecular flexibility index (Phi) is 3.97. The molecular formula is C14H17N3O2. The minimum atomic E-state index is -0.373. The Labute approximate surface area is 111 Å². The molecule has 1 heterocycles. The molecule has 0 spiro atoms. The van der Waals surface area contributed by atoms with Gasteiger partial charge >= 0.3 is 0 Å². The van der Waals surface area contributed by atoms with E-state index in [4.69, 9.17) is 5.73 Å². The summed E-state index contributed by atoms with van der Waals surface area (Å²) in [6.07, 6.45) is 2.76. The smallest absolute Gasteiger partial charge is 0.269 e. The second kappa shape index (κ2) is 5.67. The SMILES string of the molecule is CC(N)Cc1cccn1Cc1cccc([N+](=O)[O-])c1. The second-order valence-corrected chi connectivity index (χ2v) is 4.74. The van der Waals surface area contributed by atoms with Crippen LogP contribution < -0.4 is 5.73 Å². The molecule has 5 nitrogen and oxygen atoms in total. The van der Waals surface area contributed by atoms with Gasteiger partial charge in [0.1, 0.15) is 0 Å². The normalized spacial score (nSPS) is 12.3. The number of nitro groups is 1. The van der Waals surface area contributed by atoms with Gasteiger partial charge in [-0.05, 0) is 24.6 Å². The Hall–Kier alpha value is -2.14. The number of nitrogens with two attached hydrogens (primary N) is 1. The van der Waals surface area contributed by atoms with E-state index < -0.39 is 0 Å². The zero-order valence-electron chi connectivity index (χ0n) is 10.8. The molecule has 0 amide bonds.